The van der Waals surface area contributed by atoms with E-state index in [0.29, 0.717) is 6.04 Å². The molecule has 2 rings (SSSR count). The number of methoxy groups -OCH3 is 1. The molecule has 2 aromatic rings. The second kappa shape index (κ2) is 6.77. The monoisotopic (exact) mass is 283 g/mol. The zero-order valence-electron chi connectivity index (χ0n) is 13.4. The highest BCUT2D eigenvalue weighted by Crippen LogP contribution is 2.24. The average Bonchev–Trinajstić information content (AvgIpc) is 2.53. The second-order valence-corrected chi connectivity index (χ2v) is 6.13. The van der Waals surface area contributed by atoms with Crippen LogP contribution >= 0.6 is 0 Å². The van der Waals surface area contributed by atoms with Crippen molar-refractivity contribution in [2.75, 3.05) is 13.7 Å². The maximum atomic E-state index is 5.20. The molecule has 0 spiro atoms. The fourth-order valence-corrected chi connectivity index (χ4v) is 2.41. The molecule has 0 saturated heterocycles. The summed E-state index contributed by atoms with van der Waals surface area (Å²) in [6, 6.07) is 19.2. The summed E-state index contributed by atoms with van der Waals surface area (Å²) >= 11 is 0. The SMILES string of the molecule is COc1ccc(C(C)NCC(C)(C)c2ccccc2)cc1. The van der Waals surface area contributed by atoms with Gasteiger partial charge in [0.2, 0.25) is 0 Å². The highest BCUT2D eigenvalue weighted by molar-refractivity contribution is 5.29. The van der Waals surface area contributed by atoms with Crippen LogP contribution in [0.5, 0.6) is 5.75 Å². The maximum Gasteiger partial charge on any atom is 0.118 e. The Morgan fingerprint density at radius 1 is 1.00 bits per heavy atom. The first-order valence-electron chi connectivity index (χ1n) is 7.46. The van der Waals surface area contributed by atoms with E-state index >= 15 is 0 Å². The van der Waals surface area contributed by atoms with E-state index < -0.39 is 0 Å². The first-order valence-corrected chi connectivity index (χ1v) is 7.46. The van der Waals surface area contributed by atoms with Gasteiger partial charge in [-0.2, -0.15) is 0 Å². The van der Waals surface area contributed by atoms with E-state index in [0.717, 1.165) is 12.3 Å². The predicted octanol–water partition coefficient (Wildman–Crippen LogP) is 4.32. The zero-order valence-corrected chi connectivity index (χ0v) is 13.4. The minimum Gasteiger partial charge on any atom is -0.497 e. The Bertz CT molecular complexity index is 546. The van der Waals surface area contributed by atoms with E-state index in [4.69, 9.17) is 4.74 Å². The number of hydrogen-bond donors (Lipinski definition) is 1. The second-order valence-electron chi connectivity index (χ2n) is 6.13. The molecule has 2 nitrogen and oxygen atoms in total. The minimum absolute atomic E-state index is 0.113. The zero-order chi connectivity index (χ0) is 15.3. The number of benzene rings is 2. The third-order valence-corrected chi connectivity index (χ3v) is 4.02. The molecule has 0 fully saturated rings. The molecule has 0 amide bonds. The van der Waals surface area contributed by atoms with E-state index in [1.54, 1.807) is 7.11 Å². The van der Waals surface area contributed by atoms with E-state index in [1.807, 2.05) is 12.1 Å². The van der Waals surface area contributed by atoms with Crippen LogP contribution in [0.2, 0.25) is 0 Å². The van der Waals surface area contributed by atoms with Crippen LogP contribution in [0.4, 0.5) is 0 Å². The topological polar surface area (TPSA) is 21.3 Å². The molecular weight excluding hydrogens is 258 g/mol. The molecule has 0 saturated carbocycles. The molecule has 112 valence electrons. The largest absolute Gasteiger partial charge is 0.497 e. The van der Waals surface area contributed by atoms with Crippen LogP contribution < -0.4 is 10.1 Å². The molecule has 0 aliphatic heterocycles. The van der Waals surface area contributed by atoms with Crippen molar-refractivity contribution in [3.05, 3.63) is 65.7 Å². The molecule has 0 aliphatic carbocycles. The average molecular weight is 283 g/mol. The molecule has 0 radical (unpaired) electrons. The molecule has 21 heavy (non-hydrogen) atoms. The standard InChI is InChI=1S/C19H25NO/c1-15(16-10-12-18(21-4)13-11-16)20-14-19(2,3)17-8-6-5-7-9-17/h5-13,15,20H,14H2,1-4H3. The van der Waals surface area contributed by atoms with Crippen molar-refractivity contribution in [3.63, 3.8) is 0 Å². The van der Waals surface area contributed by atoms with Gasteiger partial charge >= 0.3 is 0 Å². The molecule has 1 N–H and O–H groups in total. The molecular formula is C19H25NO. The van der Waals surface area contributed by atoms with Crippen molar-refractivity contribution >= 4 is 0 Å². The van der Waals surface area contributed by atoms with E-state index in [1.165, 1.54) is 11.1 Å². The van der Waals surface area contributed by atoms with Crippen molar-refractivity contribution < 1.29 is 4.74 Å². The van der Waals surface area contributed by atoms with Crippen LogP contribution in [0.15, 0.2) is 54.6 Å². The lowest BCUT2D eigenvalue weighted by Gasteiger charge is -2.28. The lowest BCUT2D eigenvalue weighted by atomic mass is 9.84. The van der Waals surface area contributed by atoms with Gasteiger partial charge in [-0.15, -0.1) is 0 Å². The van der Waals surface area contributed by atoms with Gasteiger partial charge in [-0.05, 0) is 30.2 Å². The van der Waals surface area contributed by atoms with Crippen LogP contribution in [0.25, 0.3) is 0 Å². The molecule has 0 bridgehead atoms. The Balaban J connectivity index is 1.98. The quantitative estimate of drug-likeness (QED) is 0.852. The minimum atomic E-state index is 0.113. The summed E-state index contributed by atoms with van der Waals surface area (Å²) in [4.78, 5) is 0. The Morgan fingerprint density at radius 3 is 2.19 bits per heavy atom. The van der Waals surface area contributed by atoms with E-state index in [2.05, 4.69) is 68.6 Å². The van der Waals surface area contributed by atoms with Gasteiger partial charge in [-0.25, -0.2) is 0 Å². The molecule has 1 atom stereocenters. The van der Waals surface area contributed by atoms with E-state index in [-0.39, 0.29) is 5.41 Å². The summed E-state index contributed by atoms with van der Waals surface area (Å²) in [6.45, 7) is 7.68. The van der Waals surface area contributed by atoms with E-state index in [9.17, 15) is 0 Å². The Labute approximate surface area is 128 Å². The number of rotatable bonds is 6. The molecule has 2 aromatic carbocycles. The Morgan fingerprint density at radius 2 is 1.62 bits per heavy atom. The van der Waals surface area contributed by atoms with Crippen molar-refractivity contribution in [2.45, 2.75) is 32.2 Å². The number of nitrogens with one attached hydrogen (secondary N) is 1. The highest BCUT2D eigenvalue weighted by atomic mass is 16.5. The molecule has 0 aromatic heterocycles. The van der Waals surface area contributed by atoms with Gasteiger partial charge in [-0.1, -0.05) is 56.3 Å². The van der Waals surface area contributed by atoms with Crippen molar-refractivity contribution in [1.82, 2.24) is 5.32 Å². The number of hydrogen-bond acceptors (Lipinski definition) is 2. The number of ether oxygens (including phenoxy) is 1. The summed E-state index contributed by atoms with van der Waals surface area (Å²) in [5, 5.41) is 3.63. The summed E-state index contributed by atoms with van der Waals surface area (Å²) < 4.78 is 5.20. The van der Waals surface area contributed by atoms with Gasteiger partial charge < -0.3 is 10.1 Å². The molecule has 0 heterocycles. The van der Waals surface area contributed by atoms with Gasteiger partial charge in [0.25, 0.3) is 0 Å². The summed E-state index contributed by atoms with van der Waals surface area (Å²) in [5.74, 6) is 0.899. The molecule has 0 aliphatic rings. The Hall–Kier alpha value is -1.80. The van der Waals surface area contributed by atoms with Crippen LogP contribution in [-0.4, -0.2) is 13.7 Å². The lowest BCUT2D eigenvalue weighted by molar-refractivity contribution is 0.413. The first-order chi connectivity index (χ1) is 10.0. The van der Waals surface area contributed by atoms with Crippen LogP contribution in [-0.2, 0) is 5.41 Å². The Kier molecular flexibility index (Phi) is 5.03. The smallest absolute Gasteiger partial charge is 0.118 e. The van der Waals surface area contributed by atoms with Crippen molar-refractivity contribution in [2.24, 2.45) is 0 Å². The predicted molar refractivity (Wildman–Crippen MR) is 88.9 cm³/mol. The van der Waals surface area contributed by atoms with Gasteiger partial charge in [0.1, 0.15) is 5.75 Å². The first kappa shape index (κ1) is 15.6. The van der Waals surface area contributed by atoms with Gasteiger partial charge in [-0.3, -0.25) is 0 Å². The maximum absolute atomic E-state index is 5.20. The third-order valence-electron chi connectivity index (χ3n) is 4.02. The van der Waals surface area contributed by atoms with Crippen LogP contribution in [0.1, 0.15) is 37.9 Å². The van der Waals surface area contributed by atoms with Gasteiger partial charge in [0.15, 0.2) is 0 Å². The highest BCUT2D eigenvalue weighted by Gasteiger charge is 2.21. The lowest BCUT2D eigenvalue weighted by Crippen LogP contribution is -2.34. The summed E-state index contributed by atoms with van der Waals surface area (Å²) in [5.41, 5.74) is 2.75. The van der Waals surface area contributed by atoms with Crippen molar-refractivity contribution in [1.29, 1.82) is 0 Å². The molecule has 2 heteroatoms. The third kappa shape index (κ3) is 4.08. The summed E-state index contributed by atoms with van der Waals surface area (Å²) in [6.07, 6.45) is 0. The molecule has 1 unspecified atom stereocenters. The van der Waals surface area contributed by atoms with Crippen LogP contribution in [0.3, 0.4) is 0 Å². The van der Waals surface area contributed by atoms with Gasteiger partial charge in [0, 0.05) is 18.0 Å². The van der Waals surface area contributed by atoms with Crippen molar-refractivity contribution in [3.8, 4) is 5.75 Å². The summed E-state index contributed by atoms with van der Waals surface area (Å²) in [7, 11) is 1.69. The normalized spacial score (nSPS) is 13.0. The van der Waals surface area contributed by atoms with Gasteiger partial charge in [0.05, 0.1) is 7.11 Å². The fraction of sp³-hybridized carbons (Fsp3) is 0.368. The fourth-order valence-electron chi connectivity index (χ4n) is 2.41. The van der Waals surface area contributed by atoms with Crippen LogP contribution in [0, 0.1) is 0 Å².